The second-order valence-electron chi connectivity index (χ2n) is 4.96. The van der Waals surface area contributed by atoms with Crippen LogP contribution in [0.1, 0.15) is 6.92 Å². The molecule has 0 heterocycles. The van der Waals surface area contributed by atoms with Crippen molar-refractivity contribution < 1.29 is 22.3 Å². The van der Waals surface area contributed by atoms with Crippen molar-refractivity contribution in [2.45, 2.75) is 11.8 Å². The highest BCUT2D eigenvalue weighted by Gasteiger charge is 2.28. The fraction of sp³-hybridized carbons (Fsp3) is 0.118. The van der Waals surface area contributed by atoms with Gasteiger partial charge < -0.3 is 10.1 Å². The third-order valence-corrected chi connectivity index (χ3v) is 5.48. The summed E-state index contributed by atoms with van der Waals surface area (Å²) in [6, 6.07) is 9.05. The number of hydrogen-bond acceptors (Lipinski definition) is 5. The number of ether oxygens (including phenoxy) is 1. The molecule has 26 heavy (non-hydrogen) atoms. The van der Waals surface area contributed by atoms with Crippen LogP contribution >= 0.6 is 23.2 Å². The fourth-order valence-corrected chi connectivity index (χ4v) is 3.47. The molecule has 2 rings (SSSR count). The van der Waals surface area contributed by atoms with Crippen LogP contribution in [0.5, 0.6) is 0 Å². The predicted molar refractivity (Wildman–Crippen MR) is 98.4 cm³/mol. The van der Waals surface area contributed by atoms with E-state index in [0.29, 0.717) is 10.7 Å². The van der Waals surface area contributed by atoms with E-state index in [1.165, 1.54) is 36.4 Å². The lowest BCUT2D eigenvalue weighted by molar-refractivity contribution is -0.137. The summed E-state index contributed by atoms with van der Waals surface area (Å²) in [5, 5.41) is 2.82. The molecule has 0 saturated carbocycles. The Morgan fingerprint density at radius 1 is 1.19 bits per heavy atom. The van der Waals surface area contributed by atoms with Crippen LogP contribution < -0.4 is 5.32 Å². The van der Waals surface area contributed by atoms with Crippen molar-refractivity contribution in [1.29, 1.82) is 0 Å². The van der Waals surface area contributed by atoms with Gasteiger partial charge in [0.1, 0.15) is 5.82 Å². The Morgan fingerprint density at radius 3 is 2.42 bits per heavy atom. The number of nitrogens with one attached hydrogen (secondary N) is 1. The van der Waals surface area contributed by atoms with Gasteiger partial charge in [0, 0.05) is 16.9 Å². The molecule has 1 N–H and O–H groups in total. The molecule has 0 fully saturated rings. The summed E-state index contributed by atoms with van der Waals surface area (Å²) < 4.78 is 43.6. The third-order valence-electron chi connectivity index (χ3n) is 3.18. The summed E-state index contributed by atoms with van der Waals surface area (Å²) in [6.07, 6.45) is 0.978. The molecule has 0 bridgehead atoms. The van der Waals surface area contributed by atoms with E-state index in [4.69, 9.17) is 27.9 Å². The van der Waals surface area contributed by atoms with Gasteiger partial charge in [-0.3, -0.25) is 0 Å². The molecule has 0 amide bonds. The Bertz CT molecular complexity index is 944. The number of rotatable bonds is 6. The van der Waals surface area contributed by atoms with Crippen molar-refractivity contribution in [1.82, 2.24) is 0 Å². The lowest BCUT2D eigenvalue weighted by Crippen LogP contribution is -2.18. The standard InChI is InChI=1S/C17H14Cl2FNO4S/c1-2-25-17(22)16(10-21-12-5-8-15(20)14(19)9-12)26(23,24)13-6-3-11(18)4-7-13/h3-10,21H,2H2,1H3/b16-10-. The van der Waals surface area contributed by atoms with Gasteiger partial charge in [-0.15, -0.1) is 0 Å². The highest BCUT2D eigenvalue weighted by atomic mass is 35.5. The lowest BCUT2D eigenvalue weighted by Gasteiger charge is -2.10. The number of halogens is 3. The largest absolute Gasteiger partial charge is 0.462 e. The number of esters is 1. The van der Waals surface area contributed by atoms with Crippen molar-refractivity contribution in [3.05, 3.63) is 69.4 Å². The van der Waals surface area contributed by atoms with Gasteiger partial charge in [-0.05, 0) is 49.4 Å². The summed E-state index contributed by atoms with van der Waals surface area (Å²) in [7, 11) is -4.17. The molecule has 0 saturated heterocycles. The number of carbonyl (C=O) groups is 1. The molecular weight excluding hydrogens is 404 g/mol. The smallest absolute Gasteiger partial charge is 0.351 e. The van der Waals surface area contributed by atoms with Crippen LogP contribution in [-0.4, -0.2) is 21.0 Å². The van der Waals surface area contributed by atoms with Crippen LogP contribution in [-0.2, 0) is 19.4 Å². The maximum atomic E-state index is 13.2. The Hall–Kier alpha value is -2.09. The monoisotopic (exact) mass is 417 g/mol. The van der Waals surface area contributed by atoms with E-state index in [9.17, 15) is 17.6 Å². The normalized spacial score (nSPS) is 11.9. The molecule has 0 unspecified atom stereocenters. The van der Waals surface area contributed by atoms with E-state index in [1.807, 2.05) is 0 Å². The van der Waals surface area contributed by atoms with Crippen molar-refractivity contribution in [3.8, 4) is 0 Å². The summed E-state index contributed by atoms with van der Waals surface area (Å²) >= 11 is 11.4. The van der Waals surface area contributed by atoms with Crippen LogP contribution in [0.2, 0.25) is 10.0 Å². The van der Waals surface area contributed by atoms with Crippen LogP contribution in [0.25, 0.3) is 0 Å². The average Bonchev–Trinajstić information content (AvgIpc) is 2.58. The van der Waals surface area contributed by atoms with Crippen molar-refractivity contribution >= 4 is 44.7 Å². The second kappa shape index (κ2) is 8.53. The zero-order valence-corrected chi connectivity index (χ0v) is 15.8. The molecule has 0 aliphatic heterocycles. The molecule has 0 aromatic heterocycles. The third kappa shape index (κ3) is 4.75. The first-order chi connectivity index (χ1) is 12.3. The Balaban J connectivity index is 2.43. The molecule has 9 heteroatoms. The Kier molecular flexibility index (Phi) is 6.63. The first-order valence-electron chi connectivity index (χ1n) is 7.35. The fourth-order valence-electron chi connectivity index (χ4n) is 1.92. The van der Waals surface area contributed by atoms with E-state index in [1.54, 1.807) is 6.92 Å². The molecular formula is C17H14Cl2FNO4S. The van der Waals surface area contributed by atoms with Crippen molar-refractivity contribution in [2.75, 3.05) is 11.9 Å². The van der Waals surface area contributed by atoms with E-state index in [0.717, 1.165) is 12.3 Å². The minimum atomic E-state index is -4.17. The molecule has 0 atom stereocenters. The first-order valence-corrected chi connectivity index (χ1v) is 9.59. The van der Waals surface area contributed by atoms with Crippen LogP contribution in [0.15, 0.2) is 58.5 Å². The molecule has 0 radical (unpaired) electrons. The zero-order chi connectivity index (χ0) is 19.3. The second-order valence-corrected chi connectivity index (χ2v) is 7.72. The molecule has 138 valence electrons. The zero-order valence-electron chi connectivity index (χ0n) is 13.5. The average molecular weight is 418 g/mol. The van der Waals surface area contributed by atoms with Gasteiger partial charge in [0.25, 0.3) is 0 Å². The summed E-state index contributed by atoms with van der Waals surface area (Å²) in [5.41, 5.74) is 0.296. The van der Waals surface area contributed by atoms with Gasteiger partial charge in [0.2, 0.25) is 9.84 Å². The lowest BCUT2D eigenvalue weighted by atomic mass is 10.3. The van der Waals surface area contributed by atoms with Crippen molar-refractivity contribution in [3.63, 3.8) is 0 Å². The molecule has 5 nitrogen and oxygen atoms in total. The van der Waals surface area contributed by atoms with E-state index < -0.39 is 26.5 Å². The quantitative estimate of drug-likeness (QED) is 0.556. The number of carbonyl (C=O) groups excluding carboxylic acids is 1. The summed E-state index contributed by atoms with van der Waals surface area (Å²) in [6.45, 7) is 1.55. The van der Waals surface area contributed by atoms with Gasteiger partial charge in [0.15, 0.2) is 4.91 Å². The van der Waals surface area contributed by atoms with Crippen LogP contribution in [0.3, 0.4) is 0 Å². The van der Waals surface area contributed by atoms with Crippen LogP contribution in [0, 0.1) is 5.82 Å². The molecule has 2 aromatic carbocycles. The maximum absolute atomic E-state index is 13.2. The minimum absolute atomic E-state index is 0.00527. The number of hydrogen-bond donors (Lipinski definition) is 1. The predicted octanol–water partition coefficient (Wildman–Crippen LogP) is 4.42. The van der Waals surface area contributed by atoms with Crippen LogP contribution in [0.4, 0.5) is 10.1 Å². The van der Waals surface area contributed by atoms with Gasteiger partial charge in [0.05, 0.1) is 16.5 Å². The van der Waals surface area contributed by atoms with Gasteiger partial charge in [-0.25, -0.2) is 17.6 Å². The minimum Gasteiger partial charge on any atom is -0.462 e. The Labute approximate surface area is 160 Å². The number of anilines is 1. The van der Waals surface area contributed by atoms with Gasteiger partial charge in [-0.1, -0.05) is 23.2 Å². The Morgan fingerprint density at radius 2 is 1.85 bits per heavy atom. The van der Waals surface area contributed by atoms with Crippen molar-refractivity contribution in [2.24, 2.45) is 0 Å². The molecule has 0 aliphatic rings. The van der Waals surface area contributed by atoms with E-state index in [2.05, 4.69) is 5.32 Å². The first kappa shape index (κ1) is 20.2. The van der Waals surface area contributed by atoms with E-state index in [-0.39, 0.29) is 16.5 Å². The summed E-state index contributed by atoms with van der Waals surface area (Å²) in [4.78, 5) is 11.4. The molecule has 2 aromatic rings. The highest BCUT2D eigenvalue weighted by Crippen LogP contribution is 2.24. The van der Waals surface area contributed by atoms with Gasteiger partial charge in [-0.2, -0.15) is 0 Å². The maximum Gasteiger partial charge on any atom is 0.351 e. The highest BCUT2D eigenvalue weighted by molar-refractivity contribution is 7.96. The number of sulfone groups is 1. The molecule has 0 aliphatic carbocycles. The SMILES string of the molecule is CCOC(=O)/C(=C/Nc1ccc(F)c(Cl)c1)S(=O)(=O)c1ccc(Cl)cc1. The number of benzene rings is 2. The topological polar surface area (TPSA) is 72.5 Å². The summed E-state index contributed by atoms with van der Waals surface area (Å²) in [5.74, 6) is -1.65. The van der Waals surface area contributed by atoms with E-state index >= 15 is 0 Å². The molecule has 0 spiro atoms. The van der Waals surface area contributed by atoms with Gasteiger partial charge >= 0.3 is 5.97 Å².